The molecule has 2 atom stereocenters. The number of nitrogens with zero attached hydrogens (tertiary/aromatic N) is 2. The van der Waals surface area contributed by atoms with Gasteiger partial charge in [0.2, 0.25) is 0 Å². The first-order valence-corrected chi connectivity index (χ1v) is 10.8. The van der Waals surface area contributed by atoms with Gasteiger partial charge < -0.3 is 14.2 Å². The predicted molar refractivity (Wildman–Crippen MR) is 114 cm³/mol. The highest BCUT2D eigenvalue weighted by Gasteiger charge is 2.17. The van der Waals surface area contributed by atoms with Crippen LogP contribution in [0.2, 0.25) is 0 Å². The van der Waals surface area contributed by atoms with Crippen LogP contribution in [-0.4, -0.2) is 62.5 Å². The first-order chi connectivity index (χ1) is 14.8. The van der Waals surface area contributed by atoms with E-state index in [9.17, 15) is 0 Å². The van der Waals surface area contributed by atoms with Gasteiger partial charge in [-0.1, -0.05) is 42.5 Å². The zero-order valence-electron chi connectivity index (χ0n) is 17.5. The van der Waals surface area contributed by atoms with Crippen LogP contribution in [0.1, 0.15) is 22.3 Å². The van der Waals surface area contributed by atoms with Crippen molar-refractivity contribution in [3.05, 3.63) is 70.5 Å². The number of benzene rings is 2. The second-order valence-corrected chi connectivity index (χ2v) is 7.97. The maximum absolute atomic E-state index is 15.3. The number of rotatable bonds is 0. The summed E-state index contributed by atoms with van der Waals surface area (Å²) in [6.45, 7) is 7.56. The lowest BCUT2D eigenvalue weighted by Crippen LogP contribution is -2.30. The largest absolute Gasteiger partial charge is 0.378 e. The van der Waals surface area contributed by atoms with E-state index in [1.807, 2.05) is 18.2 Å². The van der Waals surface area contributed by atoms with E-state index in [-0.39, 0.29) is 5.82 Å². The van der Waals surface area contributed by atoms with Gasteiger partial charge in [-0.05, 0) is 11.1 Å². The van der Waals surface area contributed by atoms with Crippen molar-refractivity contribution in [3.8, 4) is 0 Å². The van der Waals surface area contributed by atoms with E-state index >= 15 is 4.39 Å². The summed E-state index contributed by atoms with van der Waals surface area (Å²) in [5.41, 5.74) is 3.96. The number of fused-ring (bicyclic) bond motifs is 4. The lowest BCUT2D eigenvalue weighted by atomic mass is 10.0. The molecule has 2 aliphatic rings. The molecule has 0 aliphatic carbocycles. The lowest BCUT2D eigenvalue weighted by molar-refractivity contribution is 0.00532. The molecule has 2 heterocycles. The molecule has 2 aliphatic heterocycles. The first kappa shape index (κ1) is 21.4. The molecular formula is C24H31FN2O3. The van der Waals surface area contributed by atoms with Crippen LogP contribution in [-0.2, 0) is 40.4 Å². The predicted octanol–water partition coefficient (Wildman–Crippen LogP) is 3.21. The Bertz CT molecular complexity index is 759. The number of hydrogen-bond donors (Lipinski definition) is 0. The van der Waals surface area contributed by atoms with Crippen molar-refractivity contribution in [2.24, 2.45) is 0 Å². The summed E-state index contributed by atoms with van der Waals surface area (Å²) >= 11 is 0. The Kier molecular flexibility index (Phi) is 7.83. The maximum Gasteiger partial charge on any atom is 0.132 e. The van der Waals surface area contributed by atoms with Crippen LogP contribution in [0, 0.1) is 5.82 Å². The topological polar surface area (TPSA) is 34.2 Å². The third-order valence-corrected chi connectivity index (χ3v) is 5.60. The standard InChI is InChI=1S/C24H31FN2O3/c25-24-22-5-2-6-23(24)19-27-8-10-29-12-14-30-13-11-28-9-7-26(18-22)16-20-3-1-4-21(15-20)17-27/h1-6,15H,7-14,16-19H2. The smallest absolute Gasteiger partial charge is 0.132 e. The van der Waals surface area contributed by atoms with Crippen molar-refractivity contribution in [2.45, 2.75) is 26.2 Å². The lowest BCUT2D eigenvalue weighted by Gasteiger charge is -2.27. The fourth-order valence-electron chi connectivity index (χ4n) is 4.06. The molecule has 0 amide bonds. The minimum atomic E-state index is -0.0897. The van der Waals surface area contributed by atoms with E-state index in [1.54, 1.807) is 0 Å². The van der Waals surface area contributed by atoms with Crippen LogP contribution in [0.5, 0.6) is 0 Å². The van der Waals surface area contributed by atoms with Crippen molar-refractivity contribution < 1.29 is 18.6 Å². The van der Waals surface area contributed by atoms with Crippen LogP contribution in [0.15, 0.2) is 42.5 Å². The average Bonchev–Trinajstić information content (AvgIpc) is 2.73. The van der Waals surface area contributed by atoms with Gasteiger partial charge in [0.05, 0.1) is 39.6 Å². The second kappa shape index (κ2) is 11.0. The van der Waals surface area contributed by atoms with Gasteiger partial charge >= 0.3 is 0 Å². The Hall–Kier alpha value is -1.83. The summed E-state index contributed by atoms with van der Waals surface area (Å²) in [5, 5.41) is 0. The molecule has 30 heavy (non-hydrogen) atoms. The summed E-state index contributed by atoms with van der Waals surface area (Å²) in [7, 11) is 0. The van der Waals surface area contributed by atoms with E-state index in [0.29, 0.717) is 52.7 Å². The summed E-state index contributed by atoms with van der Waals surface area (Å²) in [6, 6.07) is 14.5. The molecule has 5 nitrogen and oxygen atoms in total. The molecule has 0 saturated carbocycles. The molecule has 2 aromatic rings. The molecule has 0 spiro atoms. The van der Waals surface area contributed by atoms with E-state index in [0.717, 1.165) is 37.3 Å². The zero-order valence-corrected chi connectivity index (χ0v) is 17.5. The summed E-state index contributed by atoms with van der Waals surface area (Å²) < 4.78 is 32.4. The van der Waals surface area contributed by atoms with Gasteiger partial charge in [0, 0.05) is 50.4 Å². The molecule has 0 fully saturated rings. The van der Waals surface area contributed by atoms with Crippen molar-refractivity contribution >= 4 is 0 Å². The van der Waals surface area contributed by atoms with Crippen LogP contribution >= 0.6 is 0 Å². The highest BCUT2D eigenvalue weighted by atomic mass is 19.1. The minimum Gasteiger partial charge on any atom is -0.378 e. The van der Waals surface area contributed by atoms with Crippen molar-refractivity contribution in [3.63, 3.8) is 0 Å². The first-order valence-electron chi connectivity index (χ1n) is 10.8. The number of halogens is 1. The zero-order chi connectivity index (χ0) is 20.6. The molecule has 2 aromatic carbocycles. The normalized spacial score (nSPS) is 24.2. The molecule has 4 rings (SSSR count). The van der Waals surface area contributed by atoms with Gasteiger partial charge in [0.1, 0.15) is 5.82 Å². The molecule has 6 bridgehead atoms. The minimum absolute atomic E-state index is 0.0897. The summed E-state index contributed by atoms with van der Waals surface area (Å²) in [6.07, 6.45) is 0. The summed E-state index contributed by atoms with van der Waals surface area (Å²) in [4.78, 5) is 4.52. The highest BCUT2D eigenvalue weighted by Crippen LogP contribution is 2.21. The molecule has 0 radical (unpaired) electrons. The van der Waals surface area contributed by atoms with Crippen LogP contribution in [0.25, 0.3) is 0 Å². The van der Waals surface area contributed by atoms with Gasteiger partial charge in [0.25, 0.3) is 0 Å². The Morgan fingerprint density at radius 3 is 1.60 bits per heavy atom. The SMILES string of the molecule is Fc1c2cccc1CN1CCOCCOCCOCCN(Cc3cccc(c3)C1)C2. The molecule has 0 N–H and O–H groups in total. The van der Waals surface area contributed by atoms with E-state index < -0.39 is 0 Å². The number of ether oxygens (including phenoxy) is 3. The molecule has 162 valence electrons. The van der Waals surface area contributed by atoms with E-state index in [2.05, 4.69) is 34.1 Å². The second-order valence-electron chi connectivity index (χ2n) is 7.97. The molecular weight excluding hydrogens is 383 g/mol. The Morgan fingerprint density at radius 2 is 1.07 bits per heavy atom. The van der Waals surface area contributed by atoms with Crippen molar-refractivity contribution in [1.82, 2.24) is 9.80 Å². The molecule has 0 aromatic heterocycles. The molecule has 2 unspecified atom stereocenters. The average molecular weight is 415 g/mol. The number of hydrogen-bond acceptors (Lipinski definition) is 5. The maximum atomic E-state index is 15.3. The van der Waals surface area contributed by atoms with Gasteiger partial charge in [0.15, 0.2) is 0 Å². The van der Waals surface area contributed by atoms with Gasteiger partial charge in [-0.15, -0.1) is 0 Å². The van der Waals surface area contributed by atoms with Gasteiger partial charge in [-0.25, -0.2) is 4.39 Å². The Balaban J connectivity index is 1.65. The summed E-state index contributed by atoms with van der Waals surface area (Å²) in [5.74, 6) is -0.0897. The van der Waals surface area contributed by atoms with Crippen LogP contribution in [0.4, 0.5) is 4.39 Å². The third-order valence-electron chi connectivity index (χ3n) is 5.60. The highest BCUT2D eigenvalue weighted by molar-refractivity contribution is 5.28. The third kappa shape index (κ3) is 6.09. The van der Waals surface area contributed by atoms with Crippen LogP contribution < -0.4 is 0 Å². The molecule has 6 heteroatoms. The van der Waals surface area contributed by atoms with Crippen LogP contribution in [0.3, 0.4) is 0 Å². The fraction of sp³-hybridized carbons (Fsp3) is 0.500. The Morgan fingerprint density at radius 1 is 0.600 bits per heavy atom. The van der Waals surface area contributed by atoms with E-state index in [1.165, 1.54) is 11.1 Å². The molecule has 0 saturated heterocycles. The van der Waals surface area contributed by atoms with Gasteiger partial charge in [-0.2, -0.15) is 0 Å². The Labute approximate surface area is 178 Å². The fourth-order valence-corrected chi connectivity index (χ4v) is 4.06. The van der Waals surface area contributed by atoms with E-state index in [4.69, 9.17) is 14.2 Å². The van der Waals surface area contributed by atoms with Gasteiger partial charge in [-0.3, -0.25) is 9.80 Å². The monoisotopic (exact) mass is 414 g/mol. The quantitative estimate of drug-likeness (QED) is 0.661. The van der Waals surface area contributed by atoms with Crippen molar-refractivity contribution in [2.75, 3.05) is 52.7 Å². The van der Waals surface area contributed by atoms with Crippen molar-refractivity contribution in [1.29, 1.82) is 0 Å².